The van der Waals surface area contributed by atoms with Crippen molar-refractivity contribution in [1.82, 2.24) is 25.5 Å². The van der Waals surface area contributed by atoms with E-state index in [2.05, 4.69) is 43.2 Å². The van der Waals surface area contributed by atoms with Gasteiger partial charge in [-0.25, -0.2) is 4.98 Å². The van der Waals surface area contributed by atoms with E-state index in [9.17, 15) is 0 Å². The second-order valence-electron chi connectivity index (χ2n) is 7.26. The fourth-order valence-electron chi connectivity index (χ4n) is 4.00. The largest absolute Gasteiger partial charge is 0.335 e. The van der Waals surface area contributed by atoms with Gasteiger partial charge in [0.05, 0.1) is 10.2 Å². The lowest BCUT2D eigenvalue weighted by Crippen LogP contribution is -2.44. The number of nitrogens with zero attached hydrogens (tertiary/aromatic N) is 4. The molecule has 1 aliphatic carbocycles. The van der Waals surface area contributed by atoms with Gasteiger partial charge in [0.25, 0.3) is 0 Å². The Morgan fingerprint density at radius 1 is 1.28 bits per heavy atom. The lowest BCUT2D eigenvalue weighted by atomic mass is 10.2. The molecule has 3 aliphatic rings. The van der Waals surface area contributed by atoms with E-state index >= 15 is 0 Å². The summed E-state index contributed by atoms with van der Waals surface area (Å²) >= 11 is 1.67. The minimum absolute atomic E-state index is 0.515. The molecule has 25 heavy (non-hydrogen) atoms. The average molecular weight is 353 g/mol. The molecular formula is C17H19N7S. The number of aromatic nitrogens is 4. The van der Waals surface area contributed by atoms with E-state index in [0.717, 1.165) is 40.9 Å². The van der Waals surface area contributed by atoms with E-state index < -0.39 is 0 Å². The number of rotatable bonds is 4. The van der Waals surface area contributed by atoms with Crippen LogP contribution in [-0.2, 0) is 0 Å². The maximum absolute atomic E-state index is 4.87. The summed E-state index contributed by atoms with van der Waals surface area (Å²) in [6.45, 7) is 2.02. The maximum atomic E-state index is 4.87. The number of nitrogens with one attached hydrogen (secondary N) is 3. The molecule has 2 saturated heterocycles. The predicted molar refractivity (Wildman–Crippen MR) is 98.8 cm³/mol. The van der Waals surface area contributed by atoms with Crippen molar-refractivity contribution in [2.24, 2.45) is 0 Å². The number of H-pyrrole nitrogens is 1. The molecule has 5 heterocycles. The Bertz CT molecular complexity index is 944. The second kappa shape index (κ2) is 5.15. The summed E-state index contributed by atoms with van der Waals surface area (Å²) in [5.41, 5.74) is 2.23. The fourth-order valence-corrected chi connectivity index (χ4v) is 4.77. The average Bonchev–Trinajstić information content (AvgIpc) is 3.07. The van der Waals surface area contributed by atoms with E-state index in [1.165, 1.54) is 25.0 Å². The maximum Gasteiger partial charge on any atom is 0.228 e. The van der Waals surface area contributed by atoms with E-state index in [0.29, 0.717) is 18.0 Å². The molecule has 0 amide bonds. The third-order valence-electron chi connectivity index (χ3n) is 5.47. The lowest BCUT2D eigenvalue weighted by Gasteiger charge is -2.27. The van der Waals surface area contributed by atoms with Gasteiger partial charge in [0.1, 0.15) is 0 Å². The molecule has 2 atom stereocenters. The van der Waals surface area contributed by atoms with Crippen LogP contribution in [-0.4, -0.2) is 45.3 Å². The van der Waals surface area contributed by atoms with Gasteiger partial charge in [0.15, 0.2) is 11.6 Å². The van der Waals surface area contributed by atoms with Crippen LogP contribution in [0.2, 0.25) is 0 Å². The summed E-state index contributed by atoms with van der Waals surface area (Å²) in [5, 5.41) is 16.6. The van der Waals surface area contributed by atoms with E-state index in [-0.39, 0.29) is 0 Å². The number of piperazine rings is 1. The topological polar surface area (TPSA) is 81.8 Å². The van der Waals surface area contributed by atoms with Gasteiger partial charge in [-0.15, -0.1) is 11.3 Å². The monoisotopic (exact) mass is 353 g/mol. The molecule has 1 saturated carbocycles. The highest BCUT2D eigenvalue weighted by Gasteiger charge is 2.39. The summed E-state index contributed by atoms with van der Waals surface area (Å²) < 4.78 is 1.09. The second-order valence-corrected chi connectivity index (χ2v) is 8.18. The first-order valence-corrected chi connectivity index (χ1v) is 9.79. The Labute approximate surface area is 148 Å². The molecular weight excluding hydrogens is 334 g/mol. The van der Waals surface area contributed by atoms with E-state index in [1.54, 1.807) is 11.3 Å². The third-order valence-corrected chi connectivity index (χ3v) is 6.38. The van der Waals surface area contributed by atoms with Crippen molar-refractivity contribution in [3.05, 3.63) is 23.2 Å². The molecule has 3 fully saturated rings. The first-order valence-electron chi connectivity index (χ1n) is 8.91. The molecule has 7 nitrogen and oxygen atoms in total. The van der Waals surface area contributed by atoms with Crippen molar-refractivity contribution in [3.8, 4) is 0 Å². The van der Waals surface area contributed by atoms with Crippen LogP contribution in [0.15, 0.2) is 17.5 Å². The molecule has 2 aliphatic heterocycles. The van der Waals surface area contributed by atoms with Crippen LogP contribution in [0.4, 0.5) is 17.6 Å². The van der Waals surface area contributed by atoms with E-state index in [4.69, 9.17) is 9.97 Å². The fraction of sp³-hybridized carbons (Fsp3) is 0.471. The van der Waals surface area contributed by atoms with Crippen LogP contribution in [0.1, 0.15) is 30.9 Å². The van der Waals surface area contributed by atoms with Crippen molar-refractivity contribution in [2.75, 3.05) is 23.3 Å². The van der Waals surface area contributed by atoms with Crippen LogP contribution >= 0.6 is 11.3 Å². The molecule has 6 rings (SSSR count). The first kappa shape index (κ1) is 14.0. The molecule has 0 aromatic carbocycles. The molecule has 3 aromatic rings. The molecule has 2 bridgehead atoms. The summed E-state index contributed by atoms with van der Waals surface area (Å²) in [6, 6.07) is 5.28. The predicted octanol–water partition coefficient (Wildman–Crippen LogP) is 2.59. The molecule has 0 unspecified atom stereocenters. The van der Waals surface area contributed by atoms with Crippen LogP contribution in [0, 0.1) is 0 Å². The Kier molecular flexibility index (Phi) is 2.89. The van der Waals surface area contributed by atoms with Gasteiger partial charge >= 0.3 is 0 Å². The summed E-state index contributed by atoms with van der Waals surface area (Å²) in [5.74, 6) is 3.20. The smallest absolute Gasteiger partial charge is 0.228 e. The molecule has 3 N–H and O–H groups in total. The zero-order valence-electron chi connectivity index (χ0n) is 13.7. The summed E-state index contributed by atoms with van der Waals surface area (Å²) in [6.07, 6.45) is 3.72. The zero-order chi connectivity index (χ0) is 16.4. The number of fused-ring (bicyclic) bond motifs is 3. The van der Waals surface area contributed by atoms with Crippen LogP contribution in [0.5, 0.6) is 0 Å². The Hall–Kier alpha value is -2.19. The van der Waals surface area contributed by atoms with Crippen molar-refractivity contribution < 1.29 is 0 Å². The number of hydrogen-bond donors (Lipinski definition) is 3. The Morgan fingerprint density at radius 3 is 3.04 bits per heavy atom. The van der Waals surface area contributed by atoms with Gasteiger partial charge < -0.3 is 15.5 Å². The van der Waals surface area contributed by atoms with Crippen molar-refractivity contribution in [3.63, 3.8) is 0 Å². The highest BCUT2D eigenvalue weighted by molar-refractivity contribution is 7.17. The minimum Gasteiger partial charge on any atom is -0.335 e. The normalized spacial score (nSPS) is 25.2. The van der Waals surface area contributed by atoms with Crippen LogP contribution in [0.25, 0.3) is 10.2 Å². The van der Waals surface area contributed by atoms with Crippen LogP contribution < -0.4 is 15.5 Å². The third kappa shape index (κ3) is 2.31. The van der Waals surface area contributed by atoms with Gasteiger partial charge in [-0.05, 0) is 30.7 Å². The number of aromatic amines is 1. The molecule has 8 heteroatoms. The number of anilines is 3. The SMILES string of the molecule is c1cc2nc(N3C[C@@H]4C[C@H]3CN4)nc(Nc3cc(C4CC4)[nH]n3)c2s1. The molecule has 0 radical (unpaired) electrons. The summed E-state index contributed by atoms with van der Waals surface area (Å²) in [4.78, 5) is 12.0. The quantitative estimate of drug-likeness (QED) is 0.669. The highest BCUT2D eigenvalue weighted by atomic mass is 32.1. The Balaban J connectivity index is 1.37. The van der Waals surface area contributed by atoms with E-state index in [1.807, 2.05) is 0 Å². The van der Waals surface area contributed by atoms with Crippen molar-refractivity contribution >= 4 is 39.1 Å². The van der Waals surface area contributed by atoms with Crippen molar-refractivity contribution in [1.29, 1.82) is 0 Å². The van der Waals surface area contributed by atoms with Crippen molar-refractivity contribution in [2.45, 2.75) is 37.3 Å². The highest BCUT2D eigenvalue weighted by Crippen LogP contribution is 2.40. The Morgan fingerprint density at radius 2 is 2.24 bits per heavy atom. The standard InChI is InChI=1S/C17H19N7S/c1-2-9(1)13-6-14(23-22-13)20-16-15-12(3-4-25-15)19-17(21-16)24-8-10-5-11(24)7-18-10/h3-4,6,9-11,18H,1-2,5,7-8H2,(H2,19,20,21,22,23)/t10-,11-/m0/s1. The molecule has 3 aromatic heterocycles. The lowest BCUT2D eigenvalue weighted by molar-refractivity contribution is 0.573. The van der Waals surface area contributed by atoms with Gasteiger partial charge in [-0.2, -0.15) is 10.1 Å². The minimum atomic E-state index is 0.515. The van der Waals surface area contributed by atoms with Gasteiger partial charge in [-0.1, -0.05) is 0 Å². The summed E-state index contributed by atoms with van der Waals surface area (Å²) in [7, 11) is 0. The number of hydrogen-bond acceptors (Lipinski definition) is 7. The molecule has 128 valence electrons. The molecule has 0 spiro atoms. The van der Waals surface area contributed by atoms with Gasteiger partial charge in [0.2, 0.25) is 5.95 Å². The first-order chi connectivity index (χ1) is 12.3. The zero-order valence-corrected chi connectivity index (χ0v) is 14.5. The van der Waals surface area contributed by atoms with Crippen LogP contribution in [0.3, 0.4) is 0 Å². The number of thiophene rings is 1. The van der Waals surface area contributed by atoms with Gasteiger partial charge in [-0.3, -0.25) is 5.10 Å². The van der Waals surface area contributed by atoms with Gasteiger partial charge in [0, 0.05) is 42.9 Å².